The number of ether oxygens (including phenoxy) is 1. The Hall–Kier alpha value is -3.27. The Labute approximate surface area is 216 Å². The van der Waals surface area contributed by atoms with Gasteiger partial charge in [-0.15, -0.1) is 0 Å². The minimum atomic E-state index is -3.61. The van der Waals surface area contributed by atoms with Crippen molar-refractivity contribution in [3.05, 3.63) is 83.9 Å². The summed E-state index contributed by atoms with van der Waals surface area (Å²) < 4.78 is 33.8. The molecule has 0 N–H and O–H groups in total. The number of anilines is 1. The van der Waals surface area contributed by atoms with E-state index in [9.17, 15) is 13.2 Å². The Morgan fingerprint density at radius 3 is 2.25 bits per heavy atom. The second-order valence-corrected chi connectivity index (χ2v) is 11.0. The number of para-hydroxylation sites is 1. The van der Waals surface area contributed by atoms with E-state index in [1.54, 1.807) is 30.9 Å². The fourth-order valence-electron chi connectivity index (χ4n) is 3.93. The molecule has 0 bridgehead atoms. The normalized spacial score (nSPS) is 11.7. The van der Waals surface area contributed by atoms with Crippen LogP contribution in [0, 0.1) is 0 Å². The Kier molecular flexibility index (Phi) is 8.03. The molecule has 0 unspecified atom stereocenters. The van der Waals surface area contributed by atoms with Crippen molar-refractivity contribution in [2.45, 2.75) is 32.2 Å². The summed E-state index contributed by atoms with van der Waals surface area (Å²) >= 11 is 1.42. The van der Waals surface area contributed by atoms with E-state index in [1.807, 2.05) is 55.5 Å². The summed E-state index contributed by atoms with van der Waals surface area (Å²) in [7, 11) is -3.61. The van der Waals surface area contributed by atoms with Crippen molar-refractivity contribution in [3.8, 4) is 5.75 Å². The lowest BCUT2D eigenvalue weighted by molar-refractivity contribution is 0.0985. The van der Waals surface area contributed by atoms with Gasteiger partial charge in [-0.1, -0.05) is 61.6 Å². The Morgan fingerprint density at radius 2 is 1.61 bits per heavy atom. The Morgan fingerprint density at radius 1 is 0.917 bits per heavy atom. The summed E-state index contributed by atoms with van der Waals surface area (Å²) in [5.74, 6) is 0.415. The van der Waals surface area contributed by atoms with Crippen LogP contribution in [0.15, 0.2) is 77.7 Å². The highest BCUT2D eigenvalue weighted by atomic mass is 32.2. The van der Waals surface area contributed by atoms with E-state index < -0.39 is 10.0 Å². The summed E-state index contributed by atoms with van der Waals surface area (Å²) in [6, 6.07) is 21.5. The Balaban J connectivity index is 1.72. The van der Waals surface area contributed by atoms with Crippen molar-refractivity contribution in [3.63, 3.8) is 0 Å². The third-order valence-electron chi connectivity index (χ3n) is 5.77. The van der Waals surface area contributed by atoms with Gasteiger partial charge in [-0.25, -0.2) is 13.4 Å². The molecule has 0 atom stereocenters. The highest BCUT2D eigenvalue weighted by Crippen LogP contribution is 2.35. The molecule has 0 fully saturated rings. The molecule has 0 spiro atoms. The van der Waals surface area contributed by atoms with Gasteiger partial charge in [0.2, 0.25) is 10.0 Å². The average Bonchev–Trinajstić information content (AvgIpc) is 3.33. The van der Waals surface area contributed by atoms with Gasteiger partial charge in [-0.05, 0) is 48.9 Å². The number of hydrogen-bond acceptors (Lipinski definition) is 6. The standard InChI is InChI=1S/C27H29N3O4S2/c1-4-29(5-2)36(32,33)22-17-15-21(16-18-22)26(31)30(19-20-11-8-7-9-12-20)27-28-25-23(34-6-3)13-10-14-24(25)35-27/h7-18H,4-6,19H2,1-3H3. The van der Waals surface area contributed by atoms with Crippen molar-refractivity contribution in [1.82, 2.24) is 9.29 Å². The molecule has 36 heavy (non-hydrogen) atoms. The third kappa shape index (κ3) is 5.28. The number of aromatic nitrogens is 1. The van der Waals surface area contributed by atoms with Crippen LogP contribution in [0.25, 0.3) is 10.2 Å². The summed E-state index contributed by atoms with van der Waals surface area (Å²) in [5.41, 5.74) is 2.05. The maximum absolute atomic E-state index is 13.7. The molecule has 3 aromatic carbocycles. The second-order valence-electron chi connectivity index (χ2n) is 8.02. The molecule has 1 heterocycles. The first kappa shape index (κ1) is 25.8. The molecule has 1 amide bonds. The highest BCUT2D eigenvalue weighted by molar-refractivity contribution is 7.89. The first-order chi connectivity index (χ1) is 17.4. The zero-order valence-electron chi connectivity index (χ0n) is 20.5. The van der Waals surface area contributed by atoms with Crippen LogP contribution in [-0.2, 0) is 16.6 Å². The Bertz CT molecular complexity index is 1430. The lowest BCUT2D eigenvalue weighted by Crippen LogP contribution is -2.31. The van der Waals surface area contributed by atoms with E-state index in [2.05, 4.69) is 0 Å². The van der Waals surface area contributed by atoms with E-state index in [0.29, 0.717) is 48.2 Å². The monoisotopic (exact) mass is 523 g/mol. The molecular weight excluding hydrogens is 494 g/mol. The number of amides is 1. The number of nitrogens with zero attached hydrogens (tertiary/aromatic N) is 3. The van der Waals surface area contributed by atoms with Crippen LogP contribution in [0.3, 0.4) is 0 Å². The first-order valence-corrected chi connectivity index (χ1v) is 14.1. The summed E-state index contributed by atoms with van der Waals surface area (Å²) in [6.07, 6.45) is 0. The van der Waals surface area contributed by atoms with Gasteiger partial charge in [-0.2, -0.15) is 4.31 Å². The van der Waals surface area contributed by atoms with Crippen molar-refractivity contribution in [1.29, 1.82) is 0 Å². The number of carbonyl (C=O) groups excluding carboxylic acids is 1. The molecular formula is C27H29N3O4S2. The smallest absolute Gasteiger partial charge is 0.260 e. The summed E-state index contributed by atoms with van der Waals surface area (Å²) in [4.78, 5) is 20.3. The zero-order chi connectivity index (χ0) is 25.7. The molecule has 188 valence electrons. The van der Waals surface area contributed by atoms with Gasteiger partial charge in [0.25, 0.3) is 5.91 Å². The molecule has 0 aliphatic carbocycles. The number of carbonyl (C=O) groups is 1. The molecule has 4 aromatic rings. The molecule has 7 nitrogen and oxygen atoms in total. The van der Waals surface area contributed by atoms with Crippen molar-refractivity contribution in [2.24, 2.45) is 0 Å². The minimum absolute atomic E-state index is 0.165. The van der Waals surface area contributed by atoms with Gasteiger partial charge >= 0.3 is 0 Å². The predicted molar refractivity (Wildman–Crippen MR) is 144 cm³/mol. The molecule has 1 aromatic heterocycles. The number of hydrogen-bond donors (Lipinski definition) is 0. The molecule has 0 aliphatic rings. The number of rotatable bonds is 10. The lowest BCUT2D eigenvalue weighted by Gasteiger charge is -2.21. The van der Waals surface area contributed by atoms with E-state index in [-0.39, 0.29) is 10.8 Å². The van der Waals surface area contributed by atoms with Crippen molar-refractivity contribution in [2.75, 3.05) is 24.6 Å². The number of fused-ring (bicyclic) bond motifs is 1. The first-order valence-electron chi connectivity index (χ1n) is 11.9. The van der Waals surface area contributed by atoms with Gasteiger partial charge in [-0.3, -0.25) is 9.69 Å². The fraction of sp³-hybridized carbons (Fsp3) is 0.259. The van der Waals surface area contributed by atoms with Gasteiger partial charge < -0.3 is 4.74 Å². The highest BCUT2D eigenvalue weighted by Gasteiger charge is 2.25. The lowest BCUT2D eigenvalue weighted by atomic mass is 10.1. The van der Waals surface area contributed by atoms with E-state index in [4.69, 9.17) is 9.72 Å². The quantitative estimate of drug-likeness (QED) is 0.271. The molecule has 0 saturated carbocycles. The maximum Gasteiger partial charge on any atom is 0.260 e. The van der Waals surface area contributed by atoms with Gasteiger partial charge in [0.05, 0.1) is 22.7 Å². The molecule has 9 heteroatoms. The van der Waals surface area contributed by atoms with Gasteiger partial charge in [0.15, 0.2) is 5.13 Å². The molecule has 0 aliphatic heterocycles. The van der Waals surface area contributed by atoms with Crippen LogP contribution in [0.5, 0.6) is 5.75 Å². The van der Waals surface area contributed by atoms with Crippen LogP contribution in [-0.4, -0.2) is 43.3 Å². The van der Waals surface area contributed by atoms with E-state index in [1.165, 1.54) is 27.8 Å². The van der Waals surface area contributed by atoms with Crippen LogP contribution < -0.4 is 9.64 Å². The summed E-state index contributed by atoms with van der Waals surface area (Å²) in [6.45, 7) is 7.12. The number of benzene rings is 3. The van der Waals surface area contributed by atoms with Crippen molar-refractivity contribution >= 4 is 42.6 Å². The molecule has 0 saturated heterocycles. The van der Waals surface area contributed by atoms with Crippen LogP contribution in [0.1, 0.15) is 36.7 Å². The molecule has 0 radical (unpaired) electrons. The maximum atomic E-state index is 13.7. The van der Waals surface area contributed by atoms with Gasteiger partial charge in [0.1, 0.15) is 11.3 Å². The fourth-order valence-corrected chi connectivity index (χ4v) is 6.37. The predicted octanol–water partition coefficient (Wildman–Crippen LogP) is 5.57. The SMILES string of the molecule is CCOc1cccc2sc(N(Cc3ccccc3)C(=O)c3ccc(S(=O)(=O)N(CC)CC)cc3)nc12. The van der Waals surface area contributed by atoms with E-state index in [0.717, 1.165) is 10.3 Å². The zero-order valence-corrected chi connectivity index (χ0v) is 22.2. The van der Waals surface area contributed by atoms with Gasteiger partial charge in [0, 0.05) is 18.7 Å². The average molecular weight is 524 g/mol. The minimum Gasteiger partial charge on any atom is -0.492 e. The number of sulfonamides is 1. The number of thiazole rings is 1. The topological polar surface area (TPSA) is 79.8 Å². The van der Waals surface area contributed by atoms with Crippen LogP contribution in [0.4, 0.5) is 5.13 Å². The van der Waals surface area contributed by atoms with E-state index >= 15 is 0 Å². The largest absolute Gasteiger partial charge is 0.492 e. The van der Waals surface area contributed by atoms with Crippen LogP contribution in [0.2, 0.25) is 0 Å². The third-order valence-corrected chi connectivity index (χ3v) is 8.88. The van der Waals surface area contributed by atoms with Crippen molar-refractivity contribution < 1.29 is 17.9 Å². The van der Waals surface area contributed by atoms with Crippen LogP contribution >= 0.6 is 11.3 Å². The summed E-state index contributed by atoms with van der Waals surface area (Å²) in [5, 5.41) is 0.547. The molecule has 4 rings (SSSR count). The second kappa shape index (κ2) is 11.2.